The van der Waals surface area contributed by atoms with E-state index in [9.17, 15) is 4.79 Å². The van der Waals surface area contributed by atoms with Crippen molar-refractivity contribution in [3.05, 3.63) is 201 Å². The molecule has 1 amide bonds. The van der Waals surface area contributed by atoms with Gasteiger partial charge in [0.25, 0.3) is 0 Å². The molecule has 0 bridgehead atoms. The van der Waals surface area contributed by atoms with Gasteiger partial charge in [0.2, 0.25) is 5.91 Å². The Kier molecular flexibility index (Phi) is 33.3. The Hall–Kier alpha value is -13.7. The van der Waals surface area contributed by atoms with Crippen molar-refractivity contribution >= 4 is 88.9 Å². The summed E-state index contributed by atoms with van der Waals surface area (Å²) in [4.78, 5) is 26.6. The number of nitrogen functional groups attached to an aromatic ring is 2. The van der Waals surface area contributed by atoms with E-state index in [1.54, 1.807) is 7.11 Å². The number of hydrogen-bond donors (Lipinski definition) is 3. The van der Waals surface area contributed by atoms with E-state index >= 15 is 0 Å². The standard InChI is InChI=1S/C27H37N5O2.C23H33N5O.C22H29N5O.C18H22N4O2.C17H21N5O/c1-7-30(8-2)27(33)21-11-10-16-31(17-21)26-25-20(6)32(19(5)24(25)18(4)28-29-26)22-12-14-23(15-13-22)34-9-3;1-8-27(15-14-26(6)7)23-22-18(5)28(17(4)21(22)16(3)24-25-23)19-10-12-20(13-11-19)29-9-2;1-6-28-19-9-7-18(8-10-19)27-16(3)20-15(2)23-24-22(21(20)17(27)4)26-13-11-25(5)12-14-26;1-6-24-13-7-8-14(15(9-13)23-5)22-11(3)16-10(2)20-21-18(19)17(16)12(22)4;1-5-23-14-8-6-13(7-9-14)22-11(3)15-10(2)20-21-17(19-18)16(15)12(22)4/h12-15,21H,7-11,16-17H2,1-6H3;10-13H,8-9,14-15H2,1-7H3;7-10H,6,11-14H2,1-5H3;7-9H,6H2,1-5H3,(H2,19,21);6-9H,5,18H2,1-4H3,(H,19,21). The van der Waals surface area contributed by atoms with E-state index < -0.39 is 0 Å². The smallest absolute Gasteiger partial charge is 0.227 e. The van der Waals surface area contributed by atoms with Gasteiger partial charge in [-0.1, -0.05) is 0 Å². The number of nitrogens with zero attached hydrogens (tertiary/aromatic N) is 21. The number of aromatic nitrogens is 15. The molecule has 2 saturated heterocycles. The molecule has 0 saturated carbocycles. The summed E-state index contributed by atoms with van der Waals surface area (Å²) in [5.41, 5.74) is 30.1. The summed E-state index contributed by atoms with van der Waals surface area (Å²) in [6.07, 6.45) is 1.91. The number of piperazine rings is 1. The van der Waals surface area contributed by atoms with Gasteiger partial charge in [0.15, 0.2) is 29.1 Å². The molecule has 17 rings (SSSR count). The van der Waals surface area contributed by atoms with Crippen LogP contribution in [0.25, 0.3) is 82.3 Å². The molecule has 15 aromatic rings. The van der Waals surface area contributed by atoms with Gasteiger partial charge in [-0.15, -0.1) is 25.5 Å². The average molecular weight is 1880 g/mol. The third-order valence-corrected chi connectivity index (χ3v) is 26.6. The number of anilines is 5. The van der Waals surface area contributed by atoms with Gasteiger partial charge in [0.1, 0.15) is 34.5 Å². The first-order chi connectivity index (χ1) is 66.4. The maximum Gasteiger partial charge on any atom is 0.227 e. The lowest BCUT2D eigenvalue weighted by atomic mass is 9.96. The van der Waals surface area contributed by atoms with E-state index in [-0.39, 0.29) is 11.8 Å². The number of carbonyl (C=O) groups is 1. The SMILES string of the molecule is CCOc1ccc(-n2c(C)c3c(C)nnc(N(CC)CCN(C)C)c3c2C)cc1.CCOc1ccc(-n2c(C)c3c(C)nnc(N)c3c2C)c(OC)c1.CCOc1ccc(-n2c(C)c3c(C)nnc(N4CCCC(C(=O)N(CC)CC)C4)c3c2C)cc1.CCOc1ccc(-n2c(C)c3c(C)nnc(N4CCN(C)CC4)c3c2C)cc1.CCOc1ccc(-n2c(C)c3c(C)nnc(NN)c3c2C)cc1. The van der Waals surface area contributed by atoms with Gasteiger partial charge in [0.05, 0.1) is 85.6 Å². The molecule has 5 N–H and O–H groups in total. The number of aryl methyl sites for hydroxylation is 15. The highest BCUT2D eigenvalue weighted by atomic mass is 16.5. The van der Waals surface area contributed by atoms with Crippen molar-refractivity contribution in [3.8, 4) is 62.9 Å². The van der Waals surface area contributed by atoms with Gasteiger partial charge >= 0.3 is 0 Å². The second kappa shape index (κ2) is 45.1. The maximum absolute atomic E-state index is 13.1. The number of hydrogen-bond acceptors (Lipinski definition) is 25. The van der Waals surface area contributed by atoms with E-state index in [2.05, 4.69) is 250 Å². The van der Waals surface area contributed by atoms with Crippen LogP contribution in [-0.4, -0.2) is 228 Å². The fourth-order valence-electron chi connectivity index (χ4n) is 20.1. The van der Waals surface area contributed by atoms with Crippen molar-refractivity contribution < 1.29 is 33.2 Å². The second-order valence-corrected chi connectivity index (χ2v) is 35.5. The highest BCUT2D eigenvalue weighted by molar-refractivity contribution is 6.03. The Balaban J connectivity index is 0.000000147. The van der Waals surface area contributed by atoms with Gasteiger partial charge < -0.3 is 91.8 Å². The van der Waals surface area contributed by atoms with Gasteiger partial charge in [-0.05, 0) is 302 Å². The van der Waals surface area contributed by atoms with E-state index in [0.717, 1.165) is 254 Å². The zero-order chi connectivity index (χ0) is 99.4. The summed E-state index contributed by atoms with van der Waals surface area (Å²) >= 11 is 0. The van der Waals surface area contributed by atoms with Crippen LogP contribution in [0.1, 0.15) is 154 Å². The molecule has 2 aliphatic heterocycles. The predicted molar refractivity (Wildman–Crippen MR) is 559 cm³/mol. The van der Waals surface area contributed by atoms with E-state index in [4.69, 9.17) is 40.0 Å². The number of ether oxygens (including phenoxy) is 6. The fourth-order valence-corrected chi connectivity index (χ4v) is 20.1. The minimum absolute atomic E-state index is 0.00130. The van der Waals surface area contributed by atoms with Crippen LogP contribution >= 0.6 is 0 Å². The summed E-state index contributed by atoms with van der Waals surface area (Å²) in [7, 11) is 8.03. The zero-order valence-electron chi connectivity index (χ0n) is 86.2. The number of rotatable bonds is 27. The van der Waals surface area contributed by atoms with Gasteiger partial charge in [-0.25, -0.2) is 5.84 Å². The summed E-state index contributed by atoms with van der Waals surface area (Å²) in [5.74, 6) is 14.8. The molecule has 31 nitrogen and oxygen atoms in total. The van der Waals surface area contributed by atoms with E-state index in [1.807, 2.05) is 155 Å². The third kappa shape index (κ3) is 20.8. The molecule has 2 aliphatic rings. The highest BCUT2D eigenvalue weighted by Gasteiger charge is 2.34. The molecule has 0 radical (unpaired) electrons. The number of benzene rings is 5. The van der Waals surface area contributed by atoms with Crippen molar-refractivity contribution in [2.45, 2.75) is 172 Å². The minimum atomic E-state index is 0.00130. The number of fused-ring (bicyclic) bond motifs is 5. The Morgan fingerprint density at radius 2 is 0.746 bits per heavy atom. The average Bonchev–Trinajstić information content (AvgIpc) is 1.60. The van der Waals surface area contributed by atoms with Crippen LogP contribution in [-0.2, 0) is 4.79 Å². The zero-order valence-corrected chi connectivity index (χ0v) is 86.2. The van der Waals surface area contributed by atoms with Crippen molar-refractivity contribution in [2.75, 3.05) is 159 Å². The number of amides is 1. The molecule has 5 aromatic carbocycles. The Morgan fingerprint density at radius 1 is 0.391 bits per heavy atom. The van der Waals surface area contributed by atoms with E-state index in [1.165, 1.54) is 44.3 Å². The summed E-state index contributed by atoms with van der Waals surface area (Å²) < 4.78 is 44.7. The molecule has 1 atom stereocenters. The van der Waals surface area contributed by atoms with Crippen molar-refractivity contribution in [1.29, 1.82) is 0 Å². The number of nitrogens with one attached hydrogen (secondary N) is 1. The molecular weight excluding hydrogens is 1730 g/mol. The first-order valence-electron chi connectivity index (χ1n) is 48.4. The van der Waals surface area contributed by atoms with Crippen LogP contribution in [0.3, 0.4) is 0 Å². The number of hydrazine groups is 1. The lowest BCUT2D eigenvalue weighted by Gasteiger charge is -2.35. The van der Waals surface area contributed by atoms with Crippen molar-refractivity contribution in [1.82, 2.24) is 88.5 Å². The molecule has 12 heterocycles. The van der Waals surface area contributed by atoms with Gasteiger partial charge in [0, 0.05) is 206 Å². The largest absolute Gasteiger partial charge is 0.494 e. The third-order valence-electron chi connectivity index (χ3n) is 26.6. The number of methoxy groups -OCH3 is 1. The summed E-state index contributed by atoms with van der Waals surface area (Å²) in [5, 5.41) is 55.3. The summed E-state index contributed by atoms with van der Waals surface area (Å²) in [6.45, 7) is 60.7. The predicted octanol–water partition coefficient (Wildman–Crippen LogP) is 18.8. The number of piperidine rings is 1. The quantitative estimate of drug-likeness (QED) is 0.0318. The topological polar surface area (TPSA) is 310 Å². The minimum Gasteiger partial charge on any atom is -0.494 e. The molecule has 10 aromatic heterocycles. The molecular formula is C107H142N24O7. The highest BCUT2D eigenvalue weighted by Crippen LogP contribution is 2.43. The Bertz CT molecular complexity index is 6720. The van der Waals surface area contributed by atoms with E-state index in [0.29, 0.717) is 51.2 Å². The number of carbonyl (C=O) groups excluding carboxylic acids is 1. The van der Waals surface area contributed by atoms with Crippen molar-refractivity contribution in [2.24, 2.45) is 11.8 Å². The fraction of sp³-hybridized carbons (Fsp3) is 0.430. The van der Waals surface area contributed by atoms with Crippen LogP contribution in [0.2, 0.25) is 0 Å². The molecule has 2 fully saturated rings. The van der Waals surface area contributed by atoms with Crippen LogP contribution in [0.4, 0.5) is 29.1 Å². The number of nitrogens with two attached hydrogens (primary N) is 2. The monoisotopic (exact) mass is 1880 g/mol. The first kappa shape index (κ1) is 102. The molecule has 0 spiro atoms. The molecule has 1 unspecified atom stereocenters. The lowest BCUT2D eigenvalue weighted by Crippen LogP contribution is -2.45. The van der Waals surface area contributed by atoms with Crippen LogP contribution in [0.5, 0.6) is 34.5 Å². The summed E-state index contributed by atoms with van der Waals surface area (Å²) in [6, 6.07) is 38.7. The van der Waals surface area contributed by atoms with Crippen LogP contribution < -0.4 is 60.1 Å². The van der Waals surface area contributed by atoms with Crippen LogP contribution in [0.15, 0.2) is 115 Å². The van der Waals surface area contributed by atoms with Crippen molar-refractivity contribution in [3.63, 3.8) is 0 Å². The lowest BCUT2D eigenvalue weighted by molar-refractivity contribution is -0.135. The molecule has 138 heavy (non-hydrogen) atoms. The second-order valence-electron chi connectivity index (χ2n) is 35.5. The Labute approximate surface area is 812 Å². The number of likely N-dealkylation sites (N-methyl/N-ethyl adjacent to an activating group) is 3. The first-order valence-corrected chi connectivity index (χ1v) is 48.4. The normalized spacial score (nSPS) is 13.3. The molecule has 0 aliphatic carbocycles. The van der Waals surface area contributed by atoms with Gasteiger partial charge in [-0.2, -0.15) is 25.5 Å². The maximum atomic E-state index is 13.1. The molecule has 732 valence electrons. The molecule has 31 heteroatoms. The van der Waals surface area contributed by atoms with Crippen LogP contribution in [0, 0.1) is 110 Å². The Morgan fingerprint density at radius 3 is 1.15 bits per heavy atom. The van der Waals surface area contributed by atoms with Gasteiger partial charge in [-0.3, -0.25) is 4.79 Å².